The number of hydrogen-bond donors (Lipinski definition) is 6. The van der Waals surface area contributed by atoms with Gasteiger partial charge in [-0.3, -0.25) is 43.2 Å². The van der Waals surface area contributed by atoms with Gasteiger partial charge in [-0.25, -0.2) is 0 Å². The number of rotatable bonds is 18. The number of ketones is 2. The first-order valence-corrected chi connectivity index (χ1v) is 35.9. The molecule has 6 amide bonds. The summed E-state index contributed by atoms with van der Waals surface area (Å²) >= 11 is 0. The Morgan fingerprint density at radius 2 is 0.734 bits per heavy atom. The van der Waals surface area contributed by atoms with Crippen molar-refractivity contribution in [2.24, 2.45) is 46.4 Å². The number of likely N-dealkylation sites (tertiary alicyclic amines) is 5. The Morgan fingerprint density at radius 3 is 0.991 bits per heavy atom. The largest absolute Gasteiger partial charge is 0.481 e. The van der Waals surface area contributed by atoms with Crippen LogP contribution >= 0.6 is 0 Å². The van der Waals surface area contributed by atoms with Crippen LogP contribution in [0.25, 0.3) is 0 Å². The molecule has 7 fully saturated rings. The first-order chi connectivity index (χ1) is 48.3. The van der Waals surface area contributed by atoms with Crippen LogP contribution in [0.3, 0.4) is 0 Å². The van der Waals surface area contributed by atoms with E-state index in [-0.39, 0.29) is 173 Å². The highest BCUT2D eigenvalue weighted by Gasteiger charge is 2.40. The number of Topliss-reactive ketones (excluding diaryl/α,β-unsaturated/α-hetero) is 2. The van der Waals surface area contributed by atoms with E-state index in [0.717, 1.165) is 61.3 Å². The zero-order chi connectivity index (χ0) is 73.4. The number of carboxylic acid groups (broad SMARTS) is 1. The third-order valence-corrected chi connectivity index (χ3v) is 21.1. The summed E-state index contributed by atoms with van der Waals surface area (Å²) in [6.07, 6.45) is 5.17. The molecule has 7 aliphatic rings. The standard InChI is InChI=1S/C14H18N2O2.C14H20N2O.2C14H17NO2.C13H15NO3.C11H21N3O.8CH4/c1-10(15-18)13-8-14(17)16(9-13)11(2)12-6-4-3-5-7-12;1-10(15)13-8-14(17)16(9-13)11(2)12-6-4-3-5-7-12;2*1-10(12-6-4-3-5-7-12)15-9-13(11(2)16)8-14(15)17;1-9(10-5-3-2-4-6-10)14-8-11(13(16)17)7-12(14)15;1-8(9-4-6-12-7-9)14-11(15)10-3-2-5-13-10;;;;;;;;/h3-7,11,13,18H,8-9H2,1-2H3;3-7,10-11,13H,8-9,15H2,1-2H3;2*3-7,10,13H,8-9H2,1-2H3;2-6,9,11H,7-8H2,1H3,(H,16,17);8-10,12-13H,2-7H2,1H3,(H,14,15);8*1H4/t11-,13?;10?,11-,13?;2*10-,13?;9-,11?;8?,9?,10-;;;;;;;;/m000000......../s1. The molecule has 21 heteroatoms. The average Bonchev–Trinajstić information content (AvgIpc) is 1.72. The highest BCUT2D eigenvalue weighted by atomic mass is 16.4. The lowest BCUT2D eigenvalue weighted by Gasteiger charge is -2.25. The number of oxime groups is 1. The third-order valence-electron chi connectivity index (χ3n) is 21.1. The molecular weight excluding hydrogens is 1370 g/mol. The van der Waals surface area contributed by atoms with Gasteiger partial charge in [0.25, 0.3) is 0 Å². The van der Waals surface area contributed by atoms with Crippen molar-refractivity contribution in [1.82, 2.24) is 40.4 Å². The number of amides is 6. The fourth-order valence-corrected chi connectivity index (χ4v) is 14.0. The summed E-state index contributed by atoms with van der Waals surface area (Å²) in [5.41, 5.74) is 12.1. The van der Waals surface area contributed by atoms with Crippen LogP contribution < -0.4 is 21.7 Å². The van der Waals surface area contributed by atoms with Crippen LogP contribution in [0.5, 0.6) is 0 Å². The van der Waals surface area contributed by atoms with Gasteiger partial charge in [0.15, 0.2) is 0 Å². The van der Waals surface area contributed by atoms with Gasteiger partial charge in [0.05, 0.1) is 47.9 Å². The third kappa shape index (κ3) is 29.1. The van der Waals surface area contributed by atoms with E-state index in [0.29, 0.717) is 75.5 Å². The van der Waals surface area contributed by atoms with E-state index >= 15 is 0 Å². The highest BCUT2D eigenvalue weighted by Crippen LogP contribution is 2.34. The number of hydrogen-bond acceptors (Lipinski definition) is 14. The van der Waals surface area contributed by atoms with Crippen molar-refractivity contribution in [1.29, 1.82) is 0 Å². The topological polar surface area (TPSA) is 285 Å². The van der Waals surface area contributed by atoms with E-state index in [1.54, 1.807) is 35.5 Å². The van der Waals surface area contributed by atoms with Gasteiger partial charge in [-0.2, -0.15) is 0 Å². The van der Waals surface area contributed by atoms with Crippen LogP contribution in [-0.2, 0) is 43.2 Å². The molecule has 0 spiro atoms. The summed E-state index contributed by atoms with van der Waals surface area (Å²) in [6.45, 7) is 25.0. The van der Waals surface area contributed by atoms with Crippen LogP contribution in [0.2, 0.25) is 0 Å². The van der Waals surface area contributed by atoms with Crippen LogP contribution in [0.1, 0.15) is 238 Å². The number of benzene rings is 5. The van der Waals surface area contributed by atoms with E-state index < -0.39 is 11.9 Å². The molecule has 8 unspecified atom stereocenters. The molecule has 5 aromatic carbocycles. The maximum Gasteiger partial charge on any atom is 0.308 e. The Bertz CT molecular complexity index is 3340. The van der Waals surface area contributed by atoms with Crippen LogP contribution in [0.4, 0.5) is 0 Å². The molecule has 0 aliphatic carbocycles. The Hall–Kier alpha value is -8.92. The quantitative estimate of drug-likeness (QED) is 0.0270. The smallest absolute Gasteiger partial charge is 0.308 e. The van der Waals surface area contributed by atoms with E-state index in [2.05, 4.69) is 47.1 Å². The Kier molecular flexibility index (Phi) is 46.8. The number of carboxylic acids is 1. The van der Waals surface area contributed by atoms with Crippen LogP contribution in [-0.4, -0.2) is 164 Å². The second kappa shape index (κ2) is 50.0. The highest BCUT2D eigenvalue weighted by molar-refractivity contribution is 5.93. The van der Waals surface area contributed by atoms with Gasteiger partial charge in [0, 0.05) is 101 Å². The second-order valence-electron chi connectivity index (χ2n) is 28.1. The first-order valence-electron chi connectivity index (χ1n) is 35.9. The molecule has 109 heavy (non-hydrogen) atoms. The van der Waals surface area contributed by atoms with E-state index in [4.69, 9.17) is 16.0 Å². The van der Waals surface area contributed by atoms with Crippen molar-refractivity contribution in [3.8, 4) is 0 Å². The molecule has 7 N–H and O–H groups in total. The predicted octanol–water partition coefficient (Wildman–Crippen LogP) is 15.4. The fraction of sp³-hybridized carbons (Fsp3) is 0.545. The molecular formula is C88H140N10O11. The van der Waals surface area contributed by atoms with Gasteiger partial charge in [-0.15, -0.1) is 0 Å². The lowest BCUT2D eigenvalue weighted by molar-refractivity contribution is -0.141. The van der Waals surface area contributed by atoms with Crippen molar-refractivity contribution in [3.63, 3.8) is 0 Å². The van der Waals surface area contributed by atoms with Crippen molar-refractivity contribution in [2.75, 3.05) is 52.4 Å². The summed E-state index contributed by atoms with van der Waals surface area (Å²) in [5.74, 6) is 0.115. The molecule has 7 saturated heterocycles. The number of nitrogens with one attached hydrogen (secondary N) is 3. The Balaban J connectivity index is 0. The summed E-state index contributed by atoms with van der Waals surface area (Å²) in [6, 6.07) is 50.3. The normalized spacial score (nSPS) is 22.0. The molecule has 0 saturated carbocycles. The first kappa shape index (κ1) is 102. The second-order valence-corrected chi connectivity index (χ2v) is 28.1. The van der Waals surface area contributed by atoms with Crippen molar-refractivity contribution >= 4 is 58.7 Å². The molecule has 14 atom stereocenters. The Morgan fingerprint density at radius 1 is 0.431 bits per heavy atom. The molecule has 608 valence electrons. The molecule has 7 aliphatic heterocycles. The maximum absolute atomic E-state index is 12.0. The predicted molar refractivity (Wildman–Crippen MR) is 444 cm³/mol. The Labute approximate surface area is 656 Å². The summed E-state index contributed by atoms with van der Waals surface area (Å²) in [5, 5.41) is 30.6. The molecule has 0 aromatic heterocycles. The molecule has 0 bridgehead atoms. The lowest BCUT2D eigenvalue weighted by Crippen LogP contribution is -2.47. The van der Waals surface area contributed by atoms with Crippen LogP contribution in [0.15, 0.2) is 157 Å². The number of nitrogens with zero attached hydrogens (tertiary/aromatic N) is 6. The summed E-state index contributed by atoms with van der Waals surface area (Å²) in [7, 11) is 0. The van der Waals surface area contributed by atoms with Gasteiger partial charge in [0.2, 0.25) is 35.4 Å². The van der Waals surface area contributed by atoms with E-state index in [9.17, 15) is 43.2 Å². The average molecular weight is 1510 g/mol. The van der Waals surface area contributed by atoms with Gasteiger partial charge in [-0.05, 0) is 142 Å². The summed E-state index contributed by atoms with van der Waals surface area (Å²) in [4.78, 5) is 114. The van der Waals surface area contributed by atoms with Crippen LogP contribution in [0, 0.1) is 35.5 Å². The molecule has 5 aromatic rings. The minimum Gasteiger partial charge on any atom is -0.481 e. The van der Waals surface area contributed by atoms with Gasteiger partial charge < -0.3 is 56.5 Å². The number of nitrogens with two attached hydrogens (primary N) is 1. The van der Waals surface area contributed by atoms with Gasteiger partial charge >= 0.3 is 5.97 Å². The molecule has 7 heterocycles. The lowest BCUT2D eigenvalue weighted by atomic mass is 10.0. The van der Waals surface area contributed by atoms with Gasteiger partial charge in [-0.1, -0.05) is 216 Å². The zero-order valence-electron chi connectivity index (χ0n) is 60.7. The van der Waals surface area contributed by atoms with Crippen molar-refractivity contribution in [3.05, 3.63) is 179 Å². The monoisotopic (exact) mass is 1510 g/mol. The zero-order valence-corrected chi connectivity index (χ0v) is 60.7. The van der Waals surface area contributed by atoms with Crippen molar-refractivity contribution in [2.45, 2.75) is 228 Å². The minimum atomic E-state index is -0.888. The molecule has 12 rings (SSSR count). The number of carbonyl (C=O) groups excluding carboxylic acids is 8. The number of carbonyl (C=O) groups is 9. The SMILES string of the molecule is C.C.C.C.C.C.C.C.CC(=NO)C1CC(=O)N([C@@H](C)c2ccccc2)C1.CC(=O)C1CC(=O)N([C@@H](C)c2ccccc2)C1.CC(=O)C1CC(=O)N([C@@H](C)c2ccccc2)C1.CC(N)C1CC(=O)N([C@@H](C)c2ccccc2)C1.CC(NC(=O)[C@@H]1CCCN1)C1CCNC1.C[C@@H](c1ccccc1)N1CC(C(=O)O)CC1=O. The van der Waals surface area contributed by atoms with E-state index in [1.807, 2.05) is 184 Å². The maximum atomic E-state index is 12.0. The van der Waals surface area contributed by atoms with Crippen molar-refractivity contribution < 1.29 is 53.5 Å². The molecule has 21 nitrogen and oxygen atoms in total. The summed E-state index contributed by atoms with van der Waals surface area (Å²) < 4.78 is 0. The number of aliphatic carboxylic acids is 1. The fourth-order valence-electron chi connectivity index (χ4n) is 14.0. The van der Waals surface area contributed by atoms with E-state index in [1.165, 1.54) is 12.0 Å². The van der Waals surface area contributed by atoms with Gasteiger partial charge in [0.1, 0.15) is 11.6 Å². The minimum absolute atomic E-state index is 0. The molecule has 0 radical (unpaired) electrons.